The topological polar surface area (TPSA) is 46.4 Å². The van der Waals surface area contributed by atoms with Crippen LogP contribution in [0.4, 0.5) is 0 Å². The lowest BCUT2D eigenvalue weighted by molar-refractivity contribution is 0.0955. The number of nitrogens with zero attached hydrogens (tertiary/aromatic N) is 2. The summed E-state index contributed by atoms with van der Waals surface area (Å²) in [5, 5.41) is 4.97. The van der Waals surface area contributed by atoms with Crippen LogP contribution in [0.5, 0.6) is 0 Å². The number of hydrogen-bond donors (Lipinski definition) is 1. The van der Waals surface area contributed by atoms with E-state index in [1.165, 1.54) is 6.21 Å². The third-order valence-electron chi connectivity index (χ3n) is 3.99. The number of carbonyl (C=O) groups is 1. The van der Waals surface area contributed by atoms with Gasteiger partial charge in [-0.1, -0.05) is 29.3 Å². The number of hydrazone groups is 1. The van der Waals surface area contributed by atoms with Gasteiger partial charge in [0.2, 0.25) is 0 Å². The minimum Gasteiger partial charge on any atom is -0.319 e. The van der Waals surface area contributed by atoms with Crippen molar-refractivity contribution in [2.45, 2.75) is 13.8 Å². The lowest BCUT2D eigenvalue weighted by Gasteiger charge is -2.10. The van der Waals surface area contributed by atoms with Gasteiger partial charge in [0.25, 0.3) is 5.91 Å². The summed E-state index contributed by atoms with van der Waals surface area (Å²) in [6.45, 7) is 4.09. The van der Waals surface area contributed by atoms with Gasteiger partial charge in [-0.25, -0.2) is 5.43 Å². The zero-order valence-electron chi connectivity index (χ0n) is 14.3. The van der Waals surface area contributed by atoms with Gasteiger partial charge in [0.15, 0.2) is 0 Å². The molecule has 0 saturated carbocycles. The maximum absolute atomic E-state index is 12.2. The van der Waals surface area contributed by atoms with Crippen LogP contribution in [0.2, 0.25) is 10.0 Å². The minimum atomic E-state index is -0.293. The number of hydrogen-bond acceptors (Lipinski definition) is 2. The molecule has 132 valence electrons. The summed E-state index contributed by atoms with van der Waals surface area (Å²) >= 11 is 11.9. The Labute approximate surface area is 162 Å². The van der Waals surface area contributed by atoms with E-state index in [9.17, 15) is 4.79 Å². The van der Waals surface area contributed by atoms with Gasteiger partial charge < -0.3 is 4.57 Å². The predicted molar refractivity (Wildman–Crippen MR) is 107 cm³/mol. The molecule has 3 aromatic rings. The Morgan fingerprint density at radius 2 is 1.65 bits per heavy atom. The molecule has 0 bridgehead atoms. The fraction of sp³-hybridized carbons (Fsp3) is 0.100. The van der Waals surface area contributed by atoms with E-state index in [0.29, 0.717) is 21.2 Å². The molecule has 0 radical (unpaired) electrons. The molecule has 3 rings (SSSR count). The molecule has 0 aliphatic heterocycles. The predicted octanol–water partition coefficient (Wildman–Crippen LogP) is 5.16. The van der Waals surface area contributed by atoms with Crippen LogP contribution < -0.4 is 5.43 Å². The normalized spacial score (nSPS) is 11.1. The first kappa shape index (κ1) is 18.2. The highest BCUT2D eigenvalue weighted by Crippen LogP contribution is 2.19. The van der Waals surface area contributed by atoms with Crippen LogP contribution in [0.3, 0.4) is 0 Å². The lowest BCUT2D eigenvalue weighted by atomic mass is 10.2. The number of carbonyl (C=O) groups excluding carboxylic acids is 1. The van der Waals surface area contributed by atoms with Gasteiger partial charge >= 0.3 is 0 Å². The SMILES string of the molecule is Cc1ccc(C)n1-c1ccc(C(=O)N/N=C\c2ccc(Cl)cc2Cl)cc1. The molecule has 1 amide bonds. The molecule has 0 spiro atoms. The molecule has 26 heavy (non-hydrogen) atoms. The Kier molecular flexibility index (Phi) is 5.45. The molecule has 0 atom stereocenters. The minimum absolute atomic E-state index is 0.293. The molecule has 1 N–H and O–H groups in total. The van der Waals surface area contributed by atoms with E-state index >= 15 is 0 Å². The average Bonchev–Trinajstić information content (AvgIpc) is 2.95. The van der Waals surface area contributed by atoms with Gasteiger partial charge in [0.1, 0.15) is 0 Å². The van der Waals surface area contributed by atoms with Crippen LogP contribution >= 0.6 is 23.2 Å². The Balaban J connectivity index is 1.69. The third kappa shape index (κ3) is 3.98. The van der Waals surface area contributed by atoms with Crippen LogP contribution in [0, 0.1) is 13.8 Å². The molecule has 2 aromatic carbocycles. The van der Waals surface area contributed by atoms with Crippen LogP contribution in [-0.2, 0) is 0 Å². The van der Waals surface area contributed by atoms with Crippen molar-refractivity contribution < 1.29 is 4.79 Å². The van der Waals surface area contributed by atoms with Gasteiger partial charge in [-0.15, -0.1) is 0 Å². The van der Waals surface area contributed by atoms with Crippen molar-refractivity contribution in [2.24, 2.45) is 5.10 Å². The molecule has 0 aliphatic rings. The van der Waals surface area contributed by atoms with Crippen LogP contribution in [0.25, 0.3) is 5.69 Å². The molecule has 1 aromatic heterocycles. The Morgan fingerprint density at radius 3 is 2.27 bits per heavy atom. The first-order valence-corrected chi connectivity index (χ1v) is 8.75. The molecular weight excluding hydrogens is 369 g/mol. The second-order valence-electron chi connectivity index (χ2n) is 5.86. The molecule has 0 fully saturated rings. The number of aromatic nitrogens is 1. The second kappa shape index (κ2) is 7.77. The van der Waals surface area contributed by atoms with Gasteiger partial charge in [0, 0.05) is 33.2 Å². The highest BCUT2D eigenvalue weighted by Gasteiger charge is 2.07. The standard InChI is InChI=1S/C20H17Cl2N3O/c1-13-3-4-14(2)25(13)18-9-6-15(7-10-18)20(26)24-23-12-16-5-8-17(21)11-19(16)22/h3-12H,1-2H3,(H,24,26)/b23-12-. The lowest BCUT2D eigenvalue weighted by Crippen LogP contribution is -2.17. The molecular formula is C20H17Cl2N3O. The summed E-state index contributed by atoms with van der Waals surface area (Å²) in [7, 11) is 0. The van der Waals surface area contributed by atoms with Crippen molar-refractivity contribution in [1.29, 1.82) is 0 Å². The van der Waals surface area contributed by atoms with Crippen LogP contribution in [-0.4, -0.2) is 16.7 Å². The van der Waals surface area contributed by atoms with Gasteiger partial charge in [-0.2, -0.15) is 5.10 Å². The Morgan fingerprint density at radius 1 is 1.00 bits per heavy atom. The number of aryl methyl sites for hydroxylation is 2. The van der Waals surface area contributed by atoms with E-state index in [-0.39, 0.29) is 5.91 Å². The number of halogens is 2. The fourth-order valence-electron chi connectivity index (χ4n) is 2.67. The molecule has 4 nitrogen and oxygen atoms in total. The Hall–Kier alpha value is -2.56. The number of amides is 1. The first-order chi connectivity index (χ1) is 12.5. The average molecular weight is 386 g/mol. The van der Waals surface area contributed by atoms with E-state index in [1.807, 2.05) is 26.0 Å². The molecule has 0 aliphatic carbocycles. The largest absolute Gasteiger partial charge is 0.319 e. The van der Waals surface area contributed by atoms with Crippen molar-refractivity contribution in [3.05, 3.63) is 87.2 Å². The number of nitrogens with one attached hydrogen (secondary N) is 1. The highest BCUT2D eigenvalue weighted by molar-refractivity contribution is 6.36. The highest BCUT2D eigenvalue weighted by atomic mass is 35.5. The molecule has 6 heteroatoms. The van der Waals surface area contributed by atoms with E-state index < -0.39 is 0 Å². The van der Waals surface area contributed by atoms with E-state index in [4.69, 9.17) is 23.2 Å². The summed E-state index contributed by atoms with van der Waals surface area (Å²) in [5.74, 6) is -0.293. The summed E-state index contributed by atoms with van der Waals surface area (Å²) < 4.78 is 2.13. The van der Waals surface area contributed by atoms with Crippen molar-refractivity contribution in [3.63, 3.8) is 0 Å². The first-order valence-electron chi connectivity index (χ1n) is 7.99. The van der Waals surface area contributed by atoms with Crippen molar-refractivity contribution in [2.75, 3.05) is 0 Å². The smallest absolute Gasteiger partial charge is 0.271 e. The number of rotatable bonds is 4. The van der Waals surface area contributed by atoms with E-state index in [0.717, 1.165) is 17.1 Å². The van der Waals surface area contributed by atoms with Crippen molar-refractivity contribution in [1.82, 2.24) is 9.99 Å². The zero-order chi connectivity index (χ0) is 18.7. The van der Waals surface area contributed by atoms with Gasteiger partial charge in [0.05, 0.1) is 11.2 Å². The summed E-state index contributed by atoms with van der Waals surface area (Å²) in [5.41, 5.74) is 6.99. The third-order valence-corrected chi connectivity index (χ3v) is 4.55. The fourth-order valence-corrected chi connectivity index (χ4v) is 3.13. The van der Waals surface area contributed by atoms with E-state index in [1.54, 1.807) is 30.3 Å². The maximum atomic E-state index is 12.2. The monoisotopic (exact) mass is 385 g/mol. The second-order valence-corrected chi connectivity index (χ2v) is 6.71. The van der Waals surface area contributed by atoms with Crippen LogP contribution in [0.15, 0.2) is 59.7 Å². The van der Waals surface area contributed by atoms with Gasteiger partial charge in [-0.05, 0) is 62.4 Å². The van der Waals surface area contributed by atoms with E-state index in [2.05, 4.69) is 27.2 Å². The van der Waals surface area contributed by atoms with Crippen molar-refractivity contribution in [3.8, 4) is 5.69 Å². The summed E-state index contributed by atoms with van der Waals surface area (Å²) in [6, 6.07) is 16.6. The molecule has 0 unspecified atom stereocenters. The van der Waals surface area contributed by atoms with Gasteiger partial charge in [-0.3, -0.25) is 4.79 Å². The number of benzene rings is 2. The summed E-state index contributed by atoms with van der Waals surface area (Å²) in [6.07, 6.45) is 1.48. The molecule has 0 saturated heterocycles. The molecule has 1 heterocycles. The summed E-state index contributed by atoms with van der Waals surface area (Å²) in [4.78, 5) is 12.2. The zero-order valence-corrected chi connectivity index (χ0v) is 15.8. The maximum Gasteiger partial charge on any atom is 0.271 e. The van der Waals surface area contributed by atoms with Crippen LogP contribution in [0.1, 0.15) is 27.3 Å². The Bertz CT molecular complexity index is 956. The van der Waals surface area contributed by atoms with Crippen molar-refractivity contribution >= 4 is 35.3 Å². The quantitative estimate of drug-likeness (QED) is 0.488.